The van der Waals surface area contributed by atoms with Crippen molar-refractivity contribution in [2.75, 3.05) is 14.2 Å². The Morgan fingerprint density at radius 1 is 0.893 bits per heavy atom. The first-order valence-electron chi connectivity index (χ1n) is 8.86. The number of H-pyrrole nitrogens is 1. The summed E-state index contributed by atoms with van der Waals surface area (Å²) in [6, 6.07) is 17.0. The first kappa shape index (κ1) is 17.8. The molecule has 28 heavy (non-hydrogen) atoms. The monoisotopic (exact) mass is 373 g/mol. The molecule has 0 saturated carbocycles. The van der Waals surface area contributed by atoms with E-state index in [2.05, 4.69) is 4.98 Å². The summed E-state index contributed by atoms with van der Waals surface area (Å²) in [6.45, 7) is 1.93. The summed E-state index contributed by atoms with van der Waals surface area (Å²) < 4.78 is 9.77. The lowest BCUT2D eigenvalue weighted by Gasteiger charge is -2.11. The second-order valence-corrected chi connectivity index (χ2v) is 6.58. The Kier molecular flexibility index (Phi) is 4.35. The van der Waals surface area contributed by atoms with E-state index in [9.17, 15) is 9.59 Å². The molecule has 0 aliphatic carbocycles. The number of hydrogen-bond acceptors (Lipinski definition) is 4. The third-order valence-corrected chi connectivity index (χ3v) is 5.07. The minimum atomic E-state index is -0.388. The Morgan fingerprint density at radius 3 is 2.25 bits per heavy atom. The molecule has 5 nitrogen and oxygen atoms in total. The molecule has 1 N–H and O–H groups in total. The molecule has 0 spiro atoms. The van der Waals surface area contributed by atoms with Gasteiger partial charge in [-0.1, -0.05) is 30.3 Å². The van der Waals surface area contributed by atoms with Crippen LogP contribution in [0.1, 0.15) is 26.3 Å². The number of carbonyl (C=O) groups excluding carboxylic acids is 2. The van der Waals surface area contributed by atoms with E-state index in [-0.39, 0.29) is 11.9 Å². The molecule has 0 amide bonds. The number of rotatable bonds is 3. The zero-order chi connectivity index (χ0) is 19.8. The van der Waals surface area contributed by atoms with Crippen LogP contribution in [-0.4, -0.2) is 31.1 Å². The average Bonchev–Trinajstić information content (AvgIpc) is 3.13. The van der Waals surface area contributed by atoms with E-state index in [0.29, 0.717) is 11.1 Å². The molecule has 0 aliphatic heterocycles. The Balaban J connectivity index is 2.03. The minimum Gasteiger partial charge on any atom is -0.465 e. The van der Waals surface area contributed by atoms with Crippen LogP contribution in [0.4, 0.5) is 0 Å². The molecule has 140 valence electrons. The van der Waals surface area contributed by atoms with Gasteiger partial charge in [0, 0.05) is 21.9 Å². The predicted molar refractivity (Wildman–Crippen MR) is 109 cm³/mol. The molecule has 4 rings (SSSR count). The smallest absolute Gasteiger partial charge is 0.338 e. The van der Waals surface area contributed by atoms with Gasteiger partial charge in [-0.2, -0.15) is 0 Å². The second kappa shape index (κ2) is 6.85. The van der Waals surface area contributed by atoms with E-state index in [4.69, 9.17) is 9.47 Å². The fraction of sp³-hybridized carbons (Fsp3) is 0.130. The van der Waals surface area contributed by atoms with Crippen LogP contribution in [0, 0.1) is 6.92 Å². The molecule has 0 aliphatic rings. The summed E-state index contributed by atoms with van der Waals surface area (Å²) >= 11 is 0. The number of methoxy groups -OCH3 is 2. The highest BCUT2D eigenvalue weighted by atomic mass is 16.5. The van der Waals surface area contributed by atoms with Crippen molar-refractivity contribution >= 4 is 33.7 Å². The largest absolute Gasteiger partial charge is 0.465 e. The van der Waals surface area contributed by atoms with Gasteiger partial charge in [0.1, 0.15) is 0 Å². The lowest BCUT2D eigenvalue weighted by Crippen LogP contribution is -2.05. The number of fused-ring (bicyclic) bond motifs is 3. The Hall–Kier alpha value is -3.60. The molecule has 5 heteroatoms. The number of aromatic amines is 1. The average molecular weight is 373 g/mol. The van der Waals surface area contributed by atoms with Gasteiger partial charge in [0.15, 0.2) is 0 Å². The topological polar surface area (TPSA) is 68.4 Å². The van der Waals surface area contributed by atoms with Crippen molar-refractivity contribution in [1.82, 2.24) is 4.98 Å². The molecule has 4 aromatic rings. The van der Waals surface area contributed by atoms with Crippen molar-refractivity contribution in [2.45, 2.75) is 6.92 Å². The lowest BCUT2D eigenvalue weighted by molar-refractivity contribution is 0.0591. The number of hydrogen-bond donors (Lipinski definition) is 1. The van der Waals surface area contributed by atoms with E-state index in [1.54, 1.807) is 12.1 Å². The van der Waals surface area contributed by atoms with Crippen molar-refractivity contribution in [3.05, 3.63) is 71.3 Å². The van der Waals surface area contributed by atoms with Crippen LogP contribution < -0.4 is 0 Å². The summed E-state index contributed by atoms with van der Waals surface area (Å²) in [5, 5.41) is 2.04. The van der Waals surface area contributed by atoms with Crippen LogP contribution in [0.15, 0.2) is 54.6 Å². The van der Waals surface area contributed by atoms with Gasteiger partial charge in [0.2, 0.25) is 0 Å². The fourth-order valence-corrected chi connectivity index (χ4v) is 3.65. The number of aromatic nitrogens is 1. The number of nitrogens with one attached hydrogen (secondary N) is 1. The molecule has 0 fully saturated rings. The summed E-state index contributed by atoms with van der Waals surface area (Å²) in [5.41, 5.74) is 5.55. The zero-order valence-corrected chi connectivity index (χ0v) is 15.8. The Labute approximate surface area is 161 Å². The van der Waals surface area contributed by atoms with Gasteiger partial charge >= 0.3 is 11.9 Å². The first-order chi connectivity index (χ1) is 13.5. The van der Waals surface area contributed by atoms with Crippen molar-refractivity contribution < 1.29 is 19.1 Å². The Bertz CT molecular complexity index is 1220. The predicted octanol–water partition coefficient (Wildman–Crippen LogP) is 4.87. The van der Waals surface area contributed by atoms with Crippen LogP contribution in [0.5, 0.6) is 0 Å². The molecule has 0 saturated heterocycles. The van der Waals surface area contributed by atoms with E-state index >= 15 is 0 Å². The number of aryl methyl sites for hydroxylation is 1. The third-order valence-electron chi connectivity index (χ3n) is 5.07. The number of carbonyl (C=O) groups is 2. The second-order valence-electron chi connectivity index (χ2n) is 6.58. The molecule has 1 aromatic heterocycles. The summed E-state index contributed by atoms with van der Waals surface area (Å²) in [7, 11) is 2.74. The van der Waals surface area contributed by atoms with Gasteiger partial charge in [-0.05, 0) is 42.3 Å². The lowest BCUT2D eigenvalue weighted by atomic mass is 9.94. The van der Waals surface area contributed by atoms with E-state index in [0.717, 1.165) is 38.5 Å². The number of esters is 2. The van der Waals surface area contributed by atoms with Crippen molar-refractivity contribution in [3.8, 4) is 11.1 Å². The Morgan fingerprint density at radius 2 is 1.57 bits per heavy atom. The maximum absolute atomic E-state index is 12.4. The van der Waals surface area contributed by atoms with Crippen LogP contribution in [0.2, 0.25) is 0 Å². The van der Waals surface area contributed by atoms with Crippen molar-refractivity contribution in [2.24, 2.45) is 0 Å². The minimum absolute atomic E-state index is 0.378. The molecular weight excluding hydrogens is 354 g/mol. The molecule has 0 atom stereocenters. The van der Waals surface area contributed by atoms with E-state index in [1.165, 1.54) is 14.2 Å². The number of benzene rings is 3. The molecule has 3 aromatic carbocycles. The zero-order valence-electron chi connectivity index (χ0n) is 15.8. The van der Waals surface area contributed by atoms with Crippen LogP contribution in [0.3, 0.4) is 0 Å². The van der Waals surface area contributed by atoms with E-state index < -0.39 is 0 Å². The van der Waals surface area contributed by atoms with Crippen LogP contribution in [0.25, 0.3) is 32.9 Å². The maximum atomic E-state index is 12.4. The molecule has 0 unspecified atom stereocenters. The van der Waals surface area contributed by atoms with Gasteiger partial charge in [0.05, 0.1) is 30.9 Å². The molecule has 1 heterocycles. The molecule has 0 radical (unpaired) electrons. The standard InChI is InChI=1S/C23H19NO4/c1-13-17(23(26)28-3)12-18(14-8-10-15(11-9-14)22(25)27-2)21-20(13)16-6-4-5-7-19(16)24-21/h4-12,24H,1-3H3. The molecule has 0 bridgehead atoms. The van der Waals surface area contributed by atoms with Gasteiger partial charge in [-0.3, -0.25) is 0 Å². The summed E-state index contributed by atoms with van der Waals surface area (Å²) in [4.78, 5) is 27.6. The normalized spacial score (nSPS) is 11.0. The maximum Gasteiger partial charge on any atom is 0.338 e. The van der Waals surface area contributed by atoms with Gasteiger partial charge in [-0.25, -0.2) is 9.59 Å². The van der Waals surface area contributed by atoms with Gasteiger partial charge in [-0.15, -0.1) is 0 Å². The first-order valence-corrected chi connectivity index (χ1v) is 8.86. The van der Waals surface area contributed by atoms with E-state index in [1.807, 2.05) is 49.4 Å². The van der Waals surface area contributed by atoms with Crippen LogP contribution >= 0.6 is 0 Å². The fourth-order valence-electron chi connectivity index (χ4n) is 3.65. The summed E-state index contributed by atoms with van der Waals surface area (Å²) in [6.07, 6.45) is 0. The van der Waals surface area contributed by atoms with Crippen LogP contribution in [-0.2, 0) is 9.47 Å². The number of para-hydroxylation sites is 1. The van der Waals surface area contributed by atoms with Crippen molar-refractivity contribution in [3.63, 3.8) is 0 Å². The number of ether oxygens (including phenoxy) is 2. The van der Waals surface area contributed by atoms with Gasteiger partial charge in [0.25, 0.3) is 0 Å². The van der Waals surface area contributed by atoms with Crippen molar-refractivity contribution in [1.29, 1.82) is 0 Å². The third kappa shape index (κ3) is 2.72. The highest BCUT2D eigenvalue weighted by Crippen LogP contribution is 2.37. The quantitative estimate of drug-likeness (QED) is 0.520. The summed E-state index contributed by atoms with van der Waals surface area (Å²) in [5.74, 6) is -0.765. The van der Waals surface area contributed by atoms with Gasteiger partial charge < -0.3 is 14.5 Å². The molecular formula is C23H19NO4. The highest BCUT2D eigenvalue weighted by molar-refractivity contribution is 6.16. The SMILES string of the molecule is COC(=O)c1ccc(-c2cc(C(=O)OC)c(C)c3c2[nH]c2ccccc23)cc1. The highest BCUT2D eigenvalue weighted by Gasteiger charge is 2.19.